The van der Waals surface area contributed by atoms with Gasteiger partial charge < -0.3 is 10.1 Å². The van der Waals surface area contributed by atoms with Crippen LogP contribution in [-0.4, -0.2) is 28.0 Å². The number of hydrogen-bond donors (Lipinski definition) is 1. The molecule has 0 fully saturated rings. The molecule has 31 heavy (non-hydrogen) atoms. The van der Waals surface area contributed by atoms with E-state index < -0.39 is 10.0 Å². The Bertz CT molecular complexity index is 1190. The smallest absolute Gasteiger partial charge is 0.264 e. The first-order valence-electron chi connectivity index (χ1n) is 10.1. The molecule has 1 aliphatic heterocycles. The number of aryl methyl sites for hydroxylation is 1. The molecular weight excluding hydrogens is 412 g/mol. The number of hydrogen-bond acceptors (Lipinski definition) is 4. The van der Waals surface area contributed by atoms with E-state index >= 15 is 0 Å². The lowest BCUT2D eigenvalue weighted by Crippen LogP contribution is -2.35. The predicted molar refractivity (Wildman–Crippen MR) is 121 cm³/mol. The molecule has 0 radical (unpaired) electrons. The monoisotopic (exact) mass is 436 g/mol. The van der Waals surface area contributed by atoms with E-state index in [1.54, 1.807) is 25.3 Å². The Morgan fingerprint density at radius 3 is 2.48 bits per heavy atom. The van der Waals surface area contributed by atoms with Gasteiger partial charge in [-0.2, -0.15) is 0 Å². The van der Waals surface area contributed by atoms with Gasteiger partial charge in [0.05, 0.1) is 24.1 Å². The molecule has 7 heteroatoms. The topological polar surface area (TPSA) is 75.7 Å². The van der Waals surface area contributed by atoms with E-state index in [1.807, 2.05) is 42.5 Å². The number of para-hydroxylation sites is 2. The number of amides is 1. The fourth-order valence-electron chi connectivity index (χ4n) is 3.81. The minimum absolute atomic E-state index is 0.161. The molecule has 0 bridgehead atoms. The van der Waals surface area contributed by atoms with Gasteiger partial charge in [0.15, 0.2) is 0 Å². The largest absolute Gasteiger partial charge is 0.496 e. The molecule has 0 unspecified atom stereocenters. The molecule has 3 aromatic rings. The highest BCUT2D eigenvalue weighted by Crippen LogP contribution is 2.32. The van der Waals surface area contributed by atoms with Crippen molar-refractivity contribution in [2.75, 3.05) is 23.3 Å². The van der Waals surface area contributed by atoms with Crippen molar-refractivity contribution in [2.24, 2.45) is 0 Å². The Labute approximate surface area is 182 Å². The molecule has 1 amide bonds. The van der Waals surface area contributed by atoms with Crippen molar-refractivity contribution in [3.63, 3.8) is 0 Å². The van der Waals surface area contributed by atoms with Gasteiger partial charge in [0, 0.05) is 17.8 Å². The number of nitrogens with one attached hydrogen (secondary N) is 1. The molecule has 0 spiro atoms. The second-order valence-electron chi connectivity index (χ2n) is 7.37. The van der Waals surface area contributed by atoms with Gasteiger partial charge in [-0.25, -0.2) is 8.42 Å². The summed E-state index contributed by atoms with van der Waals surface area (Å²) >= 11 is 0. The summed E-state index contributed by atoms with van der Waals surface area (Å²) in [5, 5.41) is 2.81. The predicted octanol–water partition coefficient (Wildman–Crippen LogP) is 4.02. The van der Waals surface area contributed by atoms with Gasteiger partial charge in [0.2, 0.25) is 5.91 Å². The summed E-state index contributed by atoms with van der Waals surface area (Å²) in [5.41, 5.74) is 3.10. The third kappa shape index (κ3) is 4.41. The van der Waals surface area contributed by atoms with E-state index in [-0.39, 0.29) is 17.2 Å². The van der Waals surface area contributed by atoms with Crippen molar-refractivity contribution < 1.29 is 17.9 Å². The number of rotatable bonds is 6. The van der Waals surface area contributed by atoms with E-state index in [9.17, 15) is 13.2 Å². The fourth-order valence-corrected chi connectivity index (χ4v) is 5.35. The number of carbonyl (C=O) groups excluding carboxylic acids is 1. The van der Waals surface area contributed by atoms with Crippen molar-refractivity contribution in [3.05, 3.63) is 83.9 Å². The van der Waals surface area contributed by atoms with Crippen LogP contribution in [-0.2, 0) is 27.7 Å². The number of carbonyl (C=O) groups is 1. The lowest BCUT2D eigenvalue weighted by molar-refractivity contribution is -0.115. The third-order valence-corrected chi connectivity index (χ3v) is 7.16. The van der Waals surface area contributed by atoms with Crippen LogP contribution in [0.15, 0.2) is 77.7 Å². The van der Waals surface area contributed by atoms with Crippen molar-refractivity contribution in [3.8, 4) is 5.75 Å². The minimum Gasteiger partial charge on any atom is -0.496 e. The minimum atomic E-state index is -3.67. The van der Waals surface area contributed by atoms with Gasteiger partial charge in [-0.05, 0) is 54.8 Å². The lowest BCUT2D eigenvalue weighted by atomic mass is 10.0. The summed E-state index contributed by atoms with van der Waals surface area (Å²) in [7, 11) is -2.11. The number of methoxy groups -OCH3 is 1. The molecule has 3 aromatic carbocycles. The molecule has 0 saturated carbocycles. The fraction of sp³-hybridized carbons (Fsp3) is 0.208. The second-order valence-corrected chi connectivity index (χ2v) is 9.23. The van der Waals surface area contributed by atoms with E-state index in [0.717, 1.165) is 29.7 Å². The molecular formula is C24H24N2O4S. The molecule has 0 atom stereocenters. The molecule has 4 rings (SSSR count). The SMILES string of the molecule is COc1ccccc1CC(=O)Nc1ccc(S(=O)(=O)N2CCCc3ccccc32)cc1. The average Bonchev–Trinajstić information content (AvgIpc) is 2.79. The molecule has 6 nitrogen and oxygen atoms in total. The van der Waals surface area contributed by atoms with Crippen LogP contribution in [0.3, 0.4) is 0 Å². The van der Waals surface area contributed by atoms with Crippen LogP contribution < -0.4 is 14.4 Å². The Balaban J connectivity index is 1.49. The van der Waals surface area contributed by atoms with Gasteiger partial charge in [0.25, 0.3) is 10.0 Å². The molecule has 1 aliphatic rings. The van der Waals surface area contributed by atoms with Crippen LogP contribution in [0, 0.1) is 0 Å². The third-order valence-electron chi connectivity index (χ3n) is 5.34. The van der Waals surface area contributed by atoms with Gasteiger partial charge in [-0.3, -0.25) is 9.10 Å². The second kappa shape index (κ2) is 8.81. The number of anilines is 2. The van der Waals surface area contributed by atoms with Gasteiger partial charge in [-0.1, -0.05) is 36.4 Å². The summed E-state index contributed by atoms with van der Waals surface area (Å²) in [6, 6.07) is 21.2. The number of ether oxygens (including phenoxy) is 1. The van der Waals surface area contributed by atoms with Crippen molar-refractivity contribution in [2.45, 2.75) is 24.2 Å². The lowest BCUT2D eigenvalue weighted by Gasteiger charge is -2.30. The van der Waals surface area contributed by atoms with Gasteiger partial charge in [-0.15, -0.1) is 0 Å². The summed E-state index contributed by atoms with van der Waals surface area (Å²) in [4.78, 5) is 12.6. The molecule has 1 heterocycles. The number of sulfonamides is 1. The van der Waals surface area contributed by atoms with Crippen LogP contribution in [0.1, 0.15) is 17.5 Å². The number of nitrogens with zero attached hydrogens (tertiary/aromatic N) is 1. The highest BCUT2D eigenvalue weighted by molar-refractivity contribution is 7.92. The maximum absolute atomic E-state index is 13.2. The summed E-state index contributed by atoms with van der Waals surface area (Å²) < 4.78 is 33.2. The van der Waals surface area contributed by atoms with E-state index in [0.29, 0.717) is 18.0 Å². The zero-order valence-electron chi connectivity index (χ0n) is 17.2. The molecule has 0 aromatic heterocycles. The van der Waals surface area contributed by atoms with Crippen molar-refractivity contribution in [1.82, 2.24) is 0 Å². The summed E-state index contributed by atoms with van der Waals surface area (Å²) in [5.74, 6) is 0.450. The Kier molecular flexibility index (Phi) is 5.95. The standard InChI is InChI=1S/C24H24N2O4S/c1-30-23-11-5-3-8-19(23)17-24(27)25-20-12-14-21(15-13-20)31(28,29)26-16-6-9-18-7-2-4-10-22(18)26/h2-5,7-8,10-15H,6,9,16-17H2,1H3,(H,25,27). The zero-order chi connectivity index (χ0) is 21.8. The maximum atomic E-state index is 13.2. The van der Waals surface area contributed by atoms with Crippen LogP contribution >= 0.6 is 0 Å². The van der Waals surface area contributed by atoms with Crippen LogP contribution in [0.25, 0.3) is 0 Å². The normalized spacial score (nSPS) is 13.4. The molecule has 0 saturated heterocycles. The van der Waals surface area contributed by atoms with Crippen LogP contribution in [0.2, 0.25) is 0 Å². The van der Waals surface area contributed by atoms with Crippen molar-refractivity contribution in [1.29, 1.82) is 0 Å². The number of benzene rings is 3. The summed E-state index contributed by atoms with van der Waals surface area (Å²) in [6.07, 6.45) is 1.82. The van der Waals surface area contributed by atoms with E-state index in [4.69, 9.17) is 4.74 Å². The van der Waals surface area contributed by atoms with E-state index in [2.05, 4.69) is 5.32 Å². The first kappa shape index (κ1) is 20.9. The molecule has 160 valence electrons. The van der Waals surface area contributed by atoms with E-state index in [1.165, 1.54) is 16.4 Å². The van der Waals surface area contributed by atoms with Crippen LogP contribution in [0.4, 0.5) is 11.4 Å². The number of fused-ring (bicyclic) bond motifs is 1. The van der Waals surface area contributed by atoms with Gasteiger partial charge in [0.1, 0.15) is 5.75 Å². The highest BCUT2D eigenvalue weighted by atomic mass is 32.2. The summed E-state index contributed by atoms with van der Waals surface area (Å²) in [6.45, 7) is 0.455. The Hall–Kier alpha value is -3.32. The Morgan fingerprint density at radius 1 is 1.00 bits per heavy atom. The first-order chi connectivity index (χ1) is 15.0. The first-order valence-corrected chi connectivity index (χ1v) is 11.6. The highest BCUT2D eigenvalue weighted by Gasteiger charge is 2.28. The van der Waals surface area contributed by atoms with Crippen LogP contribution in [0.5, 0.6) is 5.75 Å². The average molecular weight is 437 g/mol. The quantitative estimate of drug-likeness (QED) is 0.633. The van der Waals surface area contributed by atoms with Crippen molar-refractivity contribution >= 4 is 27.3 Å². The molecule has 1 N–H and O–H groups in total. The maximum Gasteiger partial charge on any atom is 0.264 e. The molecule has 0 aliphatic carbocycles. The zero-order valence-corrected chi connectivity index (χ0v) is 18.1. The van der Waals surface area contributed by atoms with Gasteiger partial charge >= 0.3 is 0 Å². The Morgan fingerprint density at radius 2 is 1.71 bits per heavy atom.